The number of hydrogen-bond acceptors (Lipinski definition) is 3. The van der Waals surface area contributed by atoms with Gasteiger partial charge >= 0.3 is 0 Å². The number of nitrogens with zero attached hydrogens (tertiary/aromatic N) is 2. The fourth-order valence-electron chi connectivity index (χ4n) is 2.18. The van der Waals surface area contributed by atoms with Gasteiger partial charge in [-0.25, -0.2) is 4.98 Å². The molecule has 3 heteroatoms. The van der Waals surface area contributed by atoms with E-state index in [0.717, 1.165) is 18.8 Å². The van der Waals surface area contributed by atoms with Gasteiger partial charge in [-0.1, -0.05) is 6.07 Å². The number of nitrogens with one attached hydrogen (secondary N) is 1. The Kier molecular flexibility index (Phi) is 2.44. The molecule has 1 aliphatic heterocycles. The fraction of sp³-hybridized carbons (Fsp3) is 0.214. The summed E-state index contributed by atoms with van der Waals surface area (Å²) in [5.41, 5.74) is 3.85. The minimum absolute atomic E-state index is 0.971. The molecule has 17 heavy (non-hydrogen) atoms. The van der Waals surface area contributed by atoms with Gasteiger partial charge in [-0.15, -0.1) is 0 Å². The van der Waals surface area contributed by atoms with Crippen molar-refractivity contribution in [2.24, 2.45) is 0 Å². The van der Waals surface area contributed by atoms with Crippen molar-refractivity contribution in [1.29, 1.82) is 0 Å². The molecule has 1 N–H and O–H groups in total. The van der Waals surface area contributed by atoms with Crippen LogP contribution in [0.2, 0.25) is 0 Å². The summed E-state index contributed by atoms with van der Waals surface area (Å²) in [6.07, 6.45) is 2.93. The van der Waals surface area contributed by atoms with Crippen LogP contribution in [0.1, 0.15) is 5.56 Å². The van der Waals surface area contributed by atoms with Gasteiger partial charge in [-0.3, -0.25) is 0 Å². The summed E-state index contributed by atoms with van der Waals surface area (Å²) in [6, 6.07) is 12.5. The third-order valence-electron chi connectivity index (χ3n) is 3.18. The lowest BCUT2D eigenvalue weighted by Gasteiger charge is -2.18. The van der Waals surface area contributed by atoms with E-state index < -0.39 is 0 Å². The summed E-state index contributed by atoms with van der Waals surface area (Å²) in [4.78, 5) is 6.47. The molecule has 1 aliphatic rings. The van der Waals surface area contributed by atoms with Crippen LogP contribution in [0.3, 0.4) is 0 Å². The first-order valence-electron chi connectivity index (χ1n) is 5.86. The first-order chi connectivity index (χ1) is 8.34. The Labute approximate surface area is 101 Å². The maximum Gasteiger partial charge on any atom is 0.132 e. The summed E-state index contributed by atoms with van der Waals surface area (Å²) in [7, 11) is 2.05. The normalized spacial score (nSPS) is 13.0. The molecule has 1 aromatic heterocycles. The minimum atomic E-state index is 0.971. The van der Waals surface area contributed by atoms with Crippen LogP contribution in [-0.4, -0.2) is 18.6 Å². The number of hydrogen-bond donors (Lipinski definition) is 1. The Bertz CT molecular complexity index is 522. The molecule has 0 spiro atoms. The first kappa shape index (κ1) is 10.1. The second-order valence-corrected chi connectivity index (χ2v) is 4.27. The van der Waals surface area contributed by atoms with E-state index in [4.69, 9.17) is 0 Å². The van der Waals surface area contributed by atoms with Crippen LogP contribution in [-0.2, 0) is 6.42 Å². The minimum Gasteiger partial charge on any atom is -0.384 e. The molecule has 86 valence electrons. The van der Waals surface area contributed by atoms with Crippen molar-refractivity contribution in [1.82, 2.24) is 4.98 Å². The topological polar surface area (TPSA) is 28.2 Å². The number of pyridine rings is 1. The Balaban J connectivity index is 1.94. The van der Waals surface area contributed by atoms with E-state index in [2.05, 4.69) is 33.4 Å². The summed E-state index contributed by atoms with van der Waals surface area (Å²) in [5.74, 6) is 0.971. The summed E-state index contributed by atoms with van der Waals surface area (Å²) < 4.78 is 0. The SMILES string of the molecule is CN(c1ccc2c(c1)CCN2)c1ccccn1. The van der Waals surface area contributed by atoms with Gasteiger partial charge in [-0.2, -0.15) is 0 Å². The van der Waals surface area contributed by atoms with Crippen LogP contribution in [0.4, 0.5) is 17.2 Å². The molecule has 0 radical (unpaired) electrons. The number of rotatable bonds is 2. The van der Waals surface area contributed by atoms with E-state index in [9.17, 15) is 0 Å². The van der Waals surface area contributed by atoms with E-state index >= 15 is 0 Å². The zero-order chi connectivity index (χ0) is 11.7. The molecule has 0 saturated heterocycles. The van der Waals surface area contributed by atoms with Crippen LogP contribution in [0, 0.1) is 0 Å². The molecule has 0 bridgehead atoms. The lowest BCUT2D eigenvalue weighted by molar-refractivity contribution is 1.09. The number of benzene rings is 1. The highest BCUT2D eigenvalue weighted by atomic mass is 15.2. The Morgan fingerprint density at radius 3 is 3.00 bits per heavy atom. The molecule has 0 amide bonds. The monoisotopic (exact) mass is 225 g/mol. The first-order valence-corrected chi connectivity index (χ1v) is 5.86. The molecule has 0 atom stereocenters. The van der Waals surface area contributed by atoms with E-state index in [1.165, 1.54) is 16.9 Å². The molecular formula is C14H15N3. The molecule has 2 heterocycles. The van der Waals surface area contributed by atoms with Gasteiger partial charge in [0.15, 0.2) is 0 Å². The Morgan fingerprint density at radius 1 is 1.24 bits per heavy atom. The predicted molar refractivity (Wildman–Crippen MR) is 70.9 cm³/mol. The lowest BCUT2D eigenvalue weighted by atomic mass is 10.1. The maximum atomic E-state index is 4.36. The summed E-state index contributed by atoms with van der Waals surface area (Å²) in [5, 5.41) is 3.37. The summed E-state index contributed by atoms with van der Waals surface area (Å²) in [6.45, 7) is 1.05. The third-order valence-corrected chi connectivity index (χ3v) is 3.18. The van der Waals surface area contributed by atoms with Crippen molar-refractivity contribution >= 4 is 17.2 Å². The van der Waals surface area contributed by atoms with Crippen LogP contribution in [0.15, 0.2) is 42.6 Å². The number of fused-ring (bicyclic) bond motifs is 1. The van der Waals surface area contributed by atoms with Crippen molar-refractivity contribution in [3.05, 3.63) is 48.2 Å². The van der Waals surface area contributed by atoms with Crippen molar-refractivity contribution < 1.29 is 0 Å². The van der Waals surface area contributed by atoms with Gasteiger partial charge in [0.1, 0.15) is 5.82 Å². The smallest absolute Gasteiger partial charge is 0.132 e. The molecule has 3 rings (SSSR count). The van der Waals surface area contributed by atoms with Gasteiger partial charge in [0.25, 0.3) is 0 Å². The van der Waals surface area contributed by atoms with Crippen molar-refractivity contribution in [2.75, 3.05) is 23.8 Å². The zero-order valence-electron chi connectivity index (χ0n) is 9.85. The van der Waals surface area contributed by atoms with E-state index in [0.29, 0.717) is 0 Å². The van der Waals surface area contributed by atoms with Gasteiger partial charge in [0.05, 0.1) is 0 Å². The molecule has 0 aliphatic carbocycles. The van der Waals surface area contributed by atoms with Gasteiger partial charge < -0.3 is 10.2 Å². The highest BCUT2D eigenvalue weighted by molar-refractivity contribution is 5.67. The quantitative estimate of drug-likeness (QED) is 0.851. The van der Waals surface area contributed by atoms with Gasteiger partial charge in [0.2, 0.25) is 0 Å². The second kappa shape index (κ2) is 4.09. The van der Waals surface area contributed by atoms with Gasteiger partial charge in [-0.05, 0) is 42.3 Å². The van der Waals surface area contributed by atoms with Crippen LogP contribution in [0.5, 0.6) is 0 Å². The standard InChI is InChI=1S/C14H15N3/c1-17(14-4-2-3-8-16-14)12-5-6-13-11(10-12)7-9-15-13/h2-6,8,10,15H,7,9H2,1H3. The predicted octanol–water partition coefficient (Wildman–Crippen LogP) is 2.82. The second-order valence-electron chi connectivity index (χ2n) is 4.27. The molecule has 3 nitrogen and oxygen atoms in total. The van der Waals surface area contributed by atoms with Crippen molar-refractivity contribution in [2.45, 2.75) is 6.42 Å². The Morgan fingerprint density at radius 2 is 2.18 bits per heavy atom. The van der Waals surface area contributed by atoms with E-state index in [-0.39, 0.29) is 0 Å². The van der Waals surface area contributed by atoms with Crippen molar-refractivity contribution in [3.8, 4) is 0 Å². The molecular weight excluding hydrogens is 210 g/mol. The average Bonchev–Trinajstić information content (AvgIpc) is 2.86. The lowest BCUT2D eigenvalue weighted by Crippen LogP contribution is -2.10. The summed E-state index contributed by atoms with van der Waals surface area (Å²) >= 11 is 0. The molecule has 1 aromatic carbocycles. The Hall–Kier alpha value is -2.03. The molecule has 0 unspecified atom stereocenters. The van der Waals surface area contributed by atoms with Gasteiger partial charge in [0, 0.05) is 31.2 Å². The number of aromatic nitrogens is 1. The molecule has 0 fully saturated rings. The maximum absolute atomic E-state index is 4.36. The molecule has 0 saturated carbocycles. The third kappa shape index (κ3) is 1.84. The van der Waals surface area contributed by atoms with Crippen LogP contribution in [0.25, 0.3) is 0 Å². The average molecular weight is 225 g/mol. The highest BCUT2D eigenvalue weighted by Gasteiger charge is 2.12. The molecule has 2 aromatic rings. The van der Waals surface area contributed by atoms with E-state index in [1.807, 2.05) is 31.4 Å². The number of anilines is 3. The largest absolute Gasteiger partial charge is 0.384 e. The van der Waals surface area contributed by atoms with Crippen molar-refractivity contribution in [3.63, 3.8) is 0 Å². The van der Waals surface area contributed by atoms with E-state index in [1.54, 1.807) is 0 Å². The van der Waals surface area contributed by atoms with Crippen LogP contribution >= 0.6 is 0 Å². The highest BCUT2D eigenvalue weighted by Crippen LogP contribution is 2.29. The zero-order valence-corrected chi connectivity index (χ0v) is 9.85. The van der Waals surface area contributed by atoms with Crippen LogP contribution < -0.4 is 10.2 Å². The fourth-order valence-corrected chi connectivity index (χ4v) is 2.18.